The maximum atomic E-state index is 11.6. The normalized spacial score (nSPS) is 14.1. The highest BCUT2D eigenvalue weighted by Crippen LogP contribution is 2.30. The second kappa shape index (κ2) is 6.61. The molecule has 0 spiro atoms. The van der Waals surface area contributed by atoms with Gasteiger partial charge in [-0.3, -0.25) is 9.59 Å². The summed E-state index contributed by atoms with van der Waals surface area (Å²) in [5.41, 5.74) is 1.93. The first-order valence-electron chi connectivity index (χ1n) is 6.34. The van der Waals surface area contributed by atoms with Crippen LogP contribution in [0.3, 0.4) is 0 Å². The molecule has 1 saturated carbocycles. The van der Waals surface area contributed by atoms with E-state index >= 15 is 0 Å². The number of benzene rings is 1. The summed E-state index contributed by atoms with van der Waals surface area (Å²) in [5.74, 6) is 0.913. The molecule has 0 atom stereocenters. The fraction of sp³-hybridized carbons (Fsp3) is 0.429. The predicted molar refractivity (Wildman–Crippen MR) is 76.2 cm³/mol. The number of hydrogen-bond donors (Lipinski definition) is 2. The lowest BCUT2D eigenvalue weighted by molar-refractivity contribution is -0.136. The lowest BCUT2D eigenvalue weighted by Crippen LogP contribution is -2.13. The third kappa shape index (κ3) is 4.95. The Bertz CT molecular complexity index is 472. The molecule has 0 heterocycles. The Morgan fingerprint density at radius 1 is 1.37 bits per heavy atom. The fourth-order valence-electron chi connectivity index (χ4n) is 1.68. The number of hydrogen-bond acceptors (Lipinski definition) is 3. The molecule has 1 aromatic rings. The van der Waals surface area contributed by atoms with Gasteiger partial charge in [-0.25, -0.2) is 0 Å². The second-order valence-corrected chi connectivity index (χ2v) is 5.77. The fourth-order valence-corrected chi connectivity index (χ4v) is 2.56. The van der Waals surface area contributed by atoms with Crippen molar-refractivity contribution < 1.29 is 14.7 Å². The van der Waals surface area contributed by atoms with Gasteiger partial charge in [0.15, 0.2) is 0 Å². The molecular weight excluding hydrogens is 262 g/mol. The number of aliphatic carboxylic acids is 1. The van der Waals surface area contributed by atoms with Gasteiger partial charge in [-0.15, -0.1) is 0 Å². The van der Waals surface area contributed by atoms with E-state index in [1.807, 2.05) is 24.3 Å². The molecule has 4 nitrogen and oxygen atoms in total. The van der Waals surface area contributed by atoms with Gasteiger partial charge in [-0.1, -0.05) is 12.1 Å². The van der Waals surface area contributed by atoms with Gasteiger partial charge in [0.1, 0.15) is 0 Å². The Hall–Kier alpha value is -1.49. The number of rotatable bonds is 7. The number of carboxylic acid groups (broad SMARTS) is 1. The maximum Gasteiger partial charge on any atom is 0.304 e. The van der Waals surface area contributed by atoms with Gasteiger partial charge in [0.25, 0.3) is 0 Å². The molecule has 1 aliphatic carbocycles. The highest BCUT2D eigenvalue weighted by atomic mass is 32.2. The van der Waals surface area contributed by atoms with E-state index in [1.165, 1.54) is 0 Å². The van der Waals surface area contributed by atoms with Crippen molar-refractivity contribution in [3.05, 3.63) is 29.8 Å². The first-order chi connectivity index (χ1) is 9.15. The van der Waals surface area contributed by atoms with E-state index < -0.39 is 5.97 Å². The highest BCUT2D eigenvalue weighted by molar-refractivity contribution is 7.98. The monoisotopic (exact) mass is 279 g/mol. The molecule has 1 fully saturated rings. The van der Waals surface area contributed by atoms with Gasteiger partial charge in [-0.2, -0.15) is 11.8 Å². The van der Waals surface area contributed by atoms with Crippen molar-refractivity contribution >= 4 is 29.3 Å². The zero-order valence-electron chi connectivity index (χ0n) is 10.6. The lowest BCUT2D eigenvalue weighted by Gasteiger charge is -2.06. The van der Waals surface area contributed by atoms with Crippen LogP contribution >= 0.6 is 11.8 Å². The summed E-state index contributed by atoms with van der Waals surface area (Å²) in [6.45, 7) is 0. The van der Waals surface area contributed by atoms with Crippen LogP contribution in [0, 0.1) is 5.92 Å². The largest absolute Gasteiger partial charge is 0.481 e. The first kappa shape index (κ1) is 13.9. The molecule has 2 N–H and O–H groups in total. The number of anilines is 1. The van der Waals surface area contributed by atoms with E-state index in [4.69, 9.17) is 5.11 Å². The van der Waals surface area contributed by atoms with E-state index in [9.17, 15) is 9.59 Å². The molecule has 19 heavy (non-hydrogen) atoms. The molecule has 0 aromatic heterocycles. The van der Waals surface area contributed by atoms with Crippen LogP contribution in [-0.4, -0.2) is 22.7 Å². The topological polar surface area (TPSA) is 66.4 Å². The molecular formula is C14H17NO3S. The smallest absolute Gasteiger partial charge is 0.304 e. The van der Waals surface area contributed by atoms with E-state index in [-0.39, 0.29) is 18.2 Å². The number of carbonyl (C=O) groups is 2. The third-order valence-electron chi connectivity index (χ3n) is 2.87. The second-order valence-electron chi connectivity index (χ2n) is 4.66. The van der Waals surface area contributed by atoms with Gasteiger partial charge in [-0.05, 0) is 30.5 Å². The van der Waals surface area contributed by atoms with Crippen molar-refractivity contribution in [1.29, 1.82) is 0 Å². The minimum absolute atomic E-state index is 0.107. The van der Waals surface area contributed by atoms with E-state index in [1.54, 1.807) is 11.8 Å². The molecule has 1 aromatic carbocycles. The van der Waals surface area contributed by atoms with Gasteiger partial charge < -0.3 is 10.4 Å². The van der Waals surface area contributed by atoms with Crippen molar-refractivity contribution in [2.45, 2.75) is 25.0 Å². The first-order valence-corrected chi connectivity index (χ1v) is 7.50. The number of thioether (sulfide) groups is 1. The summed E-state index contributed by atoms with van der Waals surface area (Å²) in [5, 5.41) is 11.5. The molecule has 0 radical (unpaired) electrons. The van der Waals surface area contributed by atoms with Gasteiger partial charge in [0, 0.05) is 23.1 Å². The minimum atomic E-state index is -0.766. The van der Waals surface area contributed by atoms with Crippen LogP contribution in [0.4, 0.5) is 5.69 Å². The molecule has 0 saturated heterocycles. The third-order valence-corrected chi connectivity index (χ3v) is 3.90. The van der Waals surface area contributed by atoms with E-state index in [2.05, 4.69) is 5.32 Å². The molecule has 0 bridgehead atoms. The molecule has 0 aliphatic heterocycles. The summed E-state index contributed by atoms with van der Waals surface area (Å²) >= 11 is 1.59. The SMILES string of the molecule is O=C(O)CCSCc1cccc(NC(=O)C2CC2)c1. The van der Waals surface area contributed by atoms with Gasteiger partial charge in [0.05, 0.1) is 6.42 Å². The Balaban J connectivity index is 1.80. The quantitative estimate of drug-likeness (QED) is 0.753. The summed E-state index contributed by atoms with van der Waals surface area (Å²) in [6.07, 6.45) is 2.18. The van der Waals surface area contributed by atoms with Crippen molar-refractivity contribution in [3.63, 3.8) is 0 Å². The summed E-state index contributed by atoms with van der Waals surface area (Å²) in [6, 6.07) is 7.73. The summed E-state index contributed by atoms with van der Waals surface area (Å²) < 4.78 is 0. The van der Waals surface area contributed by atoms with Crippen LogP contribution in [0.1, 0.15) is 24.8 Å². The molecule has 2 rings (SSSR count). The van der Waals surface area contributed by atoms with Crippen LogP contribution in [0.25, 0.3) is 0 Å². The molecule has 1 aliphatic rings. The Kier molecular flexibility index (Phi) is 4.85. The number of nitrogens with one attached hydrogen (secondary N) is 1. The number of amides is 1. The Morgan fingerprint density at radius 2 is 2.16 bits per heavy atom. The molecule has 5 heteroatoms. The van der Waals surface area contributed by atoms with E-state index in [0.717, 1.165) is 29.8 Å². The van der Waals surface area contributed by atoms with Crippen molar-refractivity contribution in [2.75, 3.05) is 11.1 Å². The Morgan fingerprint density at radius 3 is 2.84 bits per heavy atom. The average Bonchev–Trinajstić information content (AvgIpc) is 3.19. The predicted octanol–water partition coefficient (Wildman–Crippen LogP) is 2.74. The molecule has 102 valence electrons. The Labute approximate surface area is 116 Å². The van der Waals surface area contributed by atoms with Crippen molar-refractivity contribution in [1.82, 2.24) is 0 Å². The average molecular weight is 279 g/mol. The molecule has 0 unspecified atom stereocenters. The van der Waals surface area contributed by atoms with Gasteiger partial charge in [0.2, 0.25) is 5.91 Å². The van der Waals surface area contributed by atoms with Crippen molar-refractivity contribution in [3.8, 4) is 0 Å². The van der Waals surface area contributed by atoms with Crippen LogP contribution in [0.15, 0.2) is 24.3 Å². The zero-order valence-corrected chi connectivity index (χ0v) is 11.4. The van der Waals surface area contributed by atoms with Gasteiger partial charge >= 0.3 is 5.97 Å². The number of carboxylic acids is 1. The molecule has 1 amide bonds. The maximum absolute atomic E-state index is 11.6. The highest BCUT2D eigenvalue weighted by Gasteiger charge is 2.29. The van der Waals surface area contributed by atoms with Crippen LogP contribution in [-0.2, 0) is 15.3 Å². The van der Waals surface area contributed by atoms with E-state index in [0.29, 0.717) is 5.75 Å². The van der Waals surface area contributed by atoms with Crippen LogP contribution in [0.5, 0.6) is 0 Å². The van der Waals surface area contributed by atoms with Crippen LogP contribution in [0.2, 0.25) is 0 Å². The summed E-state index contributed by atoms with van der Waals surface area (Å²) in [7, 11) is 0. The lowest BCUT2D eigenvalue weighted by atomic mass is 10.2. The van der Waals surface area contributed by atoms with Crippen molar-refractivity contribution in [2.24, 2.45) is 5.92 Å². The standard InChI is InChI=1S/C14H17NO3S/c16-13(17)6-7-19-9-10-2-1-3-12(8-10)15-14(18)11-4-5-11/h1-3,8,11H,4-7,9H2,(H,15,18)(H,16,17). The van der Waals surface area contributed by atoms with Crippen LogP contribution < -0.4 is 5.32 Å². The summed E-state index contributed by atoms with van der Waals surface area (Å²) in [4.78, 5) is 22.0. The zero-order chi connectivity index (χ0) is 13.7. The number of carbonyl (C=O) groups excluding carboxylic acids is 1. The minimum Gasteiger partial charge on any atom is -0.481 e.